The monoisotopic (exact) mass is 705 g/mol. The number of rotatable bonds is 7. The van der Waals surface area contributed by atoms with E-state index in [1.807, 2.05) is 12.1 Å². The summed E-state index contributed by atoms with van der Waals surface area (Å²) in [6.45, 7) is 5.57. The summed E-state index contributed by atoms with van der Waals surface area (Å²) in [6.07, 6.45) is -3.10. The first-order valence-electron chi connectivity index (χ1n) is 16.4. The van der Waals surface area contributed by atoms with Crippen LogP contribution in [0.3, 0.4) is 0 Å². The highest BCUT2D eigenvalue weighted by molar-refractivity contribution is 6.04. The largest absolute Gasteiger partial charge is 0.440 e. The molecule has 16 heteroatoms. The Balaban J connectivity index is 1.02. The van der Waals surface area contributed by atoms with Gasteiger partial charge >= 0.3 is 12.2 Å². The summed E-state index contributed by atoms with van der Waals surface area (Å²) >= 11 is 0. The molecule has 0 spiro atoms. The molecule has 2 saturated heterocycles. The van der Waals surface area contributed by atoms with Gasteiger partial charge in [0.05, 0.1) is 24.4 Å². The number of likely N-dealkylation sites (tertiary alicyclic amines) is 1. The number of aliphatic hydroxyl groups is 1. The second-order valence-electron chi connectivity index (χ2n) is 13.5. The zero-order chi connectivity index (χ0) is 36.2. The van der Waals surface area contributed by atoms with Gasteiger partial charge in [-0.2, -0.15) is 13.2 Å². The van der Waals surface area contributed by atoms with E-state index in [1.165, 1.54) is 36.0 Å². The van der Waals surface area contributed by atoms with Crippen molar-refractivity contribution in [1.29, 1.82) is 0 Å². The van der Waals surface area contributed by atoms with Gasteiger partial charge in [0.15, 0.2) is 11.5 Å². The maximum absolute atomic E-state index is 13.2. The number of urea groups is 1. The summed E-state index contributed by atoms with van der Waals surface area (Å²) < 4.78 is 45.7. The Hall–Kier alpha value is -5.35. The molecule has 0 aliphatic carbocycles. The number of oxazole rings is 1. The minimum Gasteiger partial charge on any atom is -0.440 e. The van der Waals surface area contributed by atoms with E-state index < -0.39 is 35.1 Å². The Morgan fingerprint density at radius 2 is 1.78 bits per heavy atom. The number of hydrogen-bond acceptors (Lipinski definition) is 9. The Morgan fingerprint density at radius 3 is 2.49 bits per heavy atom. The van der Waals surface area contributed by atoms with E-state index in [-0.39, 0.29) is 42.9 Å². The van der Waals surface area contributed by atoms with Gasteiger partial charge in [-0.3, -0.25) is 24.6 Å². The van der Waals surface area contributed by atoms with Crippen LogP contribution in [0.4, 0.5) is 23.7 Å². The number of benzene rings is 2. The number of halogens is 3. The van der Waals surface area contributed by atoms with Gasteiger partial charge in [0, 0.05) is 36.1 Å². The summed E-state index contributed by atoms with van der Waals surface area (Å²) in [4.78, 5) is 60.3. The molecule has 3 N–H and O–H groups in total. The minimum absolute atomic E-state index is 0.000331. The van der Waals surface area contributed by atoms with E-state index in [4.69, 9.17) is 9.40 Å². The van der Waals surface area contributed by atoms with E-state index in [0.29, 0.717) is 34.7 Å². The standard InChI is InChI=1S/C35H34F3N7O6/c1-34(2,50)23-15-26-27(16-25(23)40-30(47)24-4-3-5-28(39-24)35(36,37)38)51-31(41-26)20-8-11-43(12-9-20)17-19-6-7-22-21(14-19)18-45(32(22)48)44-13-10-29(46)42-33(44)49/h3-7,14-16,20,50H,8-13,17-18H2,1-2H3,(H,40,47)(H,42,46,49). The molecule has 13 nitrogen and oxygen atoms in total. The van der Waals surface area contributed by atoms with Crippen molar-refractivity contribution in [2.45, 2.75) is 63.9 Å². The van der Waals surface area contributed by atoms with E-state index in [1.54, 1.807) is 12.1 Å². The fraction of sp³-hybridized carbons (Fsp3) is 0.371. The molecule has 0 bridgehead atoms. The Bertz CT molecular complexity index is 2070. The molecule has 0 saturated carbocycles. The van der Waals surface area contributed by atoms with E-state index in [9.17, 15) is 37.5 Å². The lowest BCUT2D eigenvalue weighted by atomic mass is 9.95. The number of anilines is 1. The van der Waals surface area contributed by atoms with Crippen molar-refractivity contribution in [3.05, 3.63) is 88.1 Å². The fourth-order valence-electron chi connectivity index (χ4n) is 6.72. The van der Waals surface area contributed by atoms with Crippen LogP contribution in [0.1, 0.15) is 88.1 Å². The van der Waals surface area contributed by atoms with Gasteiger partial charge in [-0.1, -0.05) is 18.2 Å². The van der Waals surface area contributed by atoms with Crippen molar-refractivity contribution in [2.75, 3.05) is 25.0 Å². The Morgan fingerprint density at radius 1 is 1.02 bits per heavy atom. The molecule has 51 heavy (non-hydrogen) atoms. The number of fused-ring (bicyclic) bond motifs is 2. The predicted molar refractivity (Wildman–Crippen MR) is 175 cm³/mol. The van der Waals surface area contributed by atoms with Crippen molar-refractivity contribution in [3.63, 3.8) is 0 Å². The minimum atomic E-state index is -4.72. The number of alkyl halides is 3. The molecular weight excluding hydrogens is 671 g/mol. The maximum atomic E-state index is 13.2. The number of hydrogen-bond donors (Lipinski definition) is 3. The molecule has 7 rings (SSSR count). The zero-order valence-electron chi connectivity index (χ0n) is 27.7. The van der Waals surface area contributed by atoms with Crippen LogP contribution in [0.15, 0.2) is 52.9 Å². The first kappa shape index (κ1) is 34.1. The summed E-state index contributed by atoms with van der Waals surface area (Å²) in [6, 6.07) is 11.2. The number of carbonyl (C=O) groups is 4. The van der Waals surface area contributed by atoms with Crippen LogP contribution < -0.4 is 10.6 Å². The van der Waals surface area contributed by atoms with Crippen LogP contribution >= 0.6 is 0 Å². The number of hydrazine groups is 1. The molecule has 2 aromatic carbocycles. The molecule has 5 heterocycles. The normalized spacial score (nSPS) is 17.6. The lowest BCUT2D eigenvalue weighted by Gasteiger charge is -2.33. The maximum Gasteiger partial charge on any atom is 0.433 e. The number of pyridine rings is 1. The highest BCUT2D eigenvalue weighted by Gasteiger charge is 2.37. The predicted octanol–water partition coefficient (Wildman–Crippen LogP) is 4.91. The van der Waals surface area contributed by atoms with Crippen molar-refractivity contribution in [2.24, 2.45) is 0 Å². The number of piperidine rings is 1. The second kappa shape index (κ2) is 12.8. The quantitative estimate of drug-likeness (QED) is 0.243. The molecule has 0 radical (unpaired) electrons. The van der Waals surface area contributed by atoms with Gasteiger partial charge < -0.3 is 14.8 Å². The van der Waals surface area contributed by atoms with Gasteiger partial charge in [0.2, 0.25) is 5.91 Å². The number of nitrogens with one attached hydrogen (secondary N) is 2. The highest BCUT2D eigenvalue weighted by atomic mass is 19.4. The van der Waals surface area contributed by atoms with Crippen LogP contribution in [-0.4, -0.2) is 73.4 Å². The SMILES string of the molecule is CC(C)(O)c1cc2nc(C3CCN(Cc4ccc5c(c4)CN(N4CCC(=O)NC4=O)C5=O)CC3)oc2cc1NC(=O)c1cccc(C(F)(F)F)n1. The van der Waals surface area contributed by atoms with E-state index >= 15 is 0 Å². The summed E-state index contributed by atoms with van der Waals surface area (Å²) in [5, 5.41) is 18.4. The van der Waals surface area contributed by atoms with Crippen molar-refractivity contribution >= 4 is 40.5 Å². The van der Waals surface area contributed by atoms with Gasteiger partial charge in [0.25, 0.3) is 11.8 Å². The van der Waals surface area contributed by atoms with Crippen molar-refractivity contribution < 1.29 is 41.9 Å². The average molecular weight is 706 g/mol. The molecule has 0 atom stereocenters. The number of imide groups is 1. The van der Waals surface area contributed by atoms with E-state index in [2.05, 4.69) is 20.5 Å². The number of amides is 5. The smallest absolute Gasteiger partial charge is 0.433 e. The second-order valence-corrected chi connectivity index (χ2v) is 13.5. The van der Waals surface area contributed by atoms with Crippen LogP contribution in [0.2, 0.25) is 0 Å². The number of aromatic nitrogens is 2. The first-order valence-corrected chi connectivity index (χ1v) is 16.4. The van der Waals surface area contributed by atoms with Crippen LogP contribution in [0, 0.1) is 0 Å². The van der Waals surface area contributed by atoms with E-state index in [0.717, 1.165) is 49.2 Å². The van der Waals surface area contributed by atoms with Crippen LogP contribution in [0.5, 0.6) is 0 Å². The van der Waals surface area contributed by atoms with Gasteiger partial charge in [-0.15, -0.1) is 0 Å². The first-order chi connectivity index (χ1) is 24.1. The van der Waals surface area contributed by atoms with Gasteiger partial charge in [0.1, 0.15) is 16.9 Å². The Labute approximate surface area is 289 Å². The third kappa shape index (κ3) is 6.88. The highest BCUT2D eigenvalue weighted by Crippen LogP contribution is 2.36. The molecule has 3 aliphatic heterocycles. The fourth-order valence-corrected chi connectivity index (χ4v) is 6.72. The van der Waals surface area contributed by atoms with Crippen molar-refractivity contribution in [1.82, 2.24) is 30.2 Å². The molecule has 5 amide bonds. The molecular formula is C35H34F3N7O6. The summed E-state index contributed by atoms with van der Waals surface area (Å²) in [5.41, 5.74) is 0.584. The third-order valence-electron chi connectivity index (χ3n) is 9.34. The Kier molecular flexibility index (Phi) is 8.54. The molecule has 2 fully saturated rings. The van der Waals surface area contributed by atoms with Crippen LogP contribution in [0.25, 0.3) is 11.1 Å². The van der Waals surface area contributed by atoms with Gasteiger partial charge in [-0.25, -0.2) is 24.8 Å². The van der Waals surface area contributed by atoms with Crippen LogP contribution in [-0.2, 0) is 29.7 Å². The zero-order valence-corrected chi connectivity index (χ0v) is 27.7. The lowest BCUT2D eigenvalue weighted by Crippen LogP contribution is -2.56. The molecule has 266 valence electrons. The molecule has 4 aromatic rings. The number of nitrogens with zero attached hydrogens (tertiary/aromatic N) is 5. The van der Waals surface area contributed by atoms with Crippen molar-refractivity contribution in [3.8, 4) is 0 Å². The number of carbonyl (C=O) groups excluding carboxylic acids is 4. The third-order valence-corrected chi connectivity index (χ3v) is 9.34. The summed E-state index contributed by atoms with van der Waals surface area (Å²) in [5.74, 6) is -1.01. The van der Waals surface area contributed by atoms with Gasteiger partial charge in [-0.05, 0) is 75.2 Å². The average Bonchev–Trinajstić information content (AvgIpc) is 3.64. The topological polar surface area (TPSA) is 161 Å². The lowest BCUT2D eigenvalue weighted by molar-refractivity contribution is -0.141. The molecule has 2 aromatic heterocycles. The summed E-state index contributed by atoms with van der Waals surface area (Å²) in [7, 11) is 0. The molecule has 3 aliphatic rings. The molecule has 0 unspecified atom stereocenters.